The van der Waals surface area contributed by atoms with Crippen LogP contribution >= 0.6 is 0 Å². The number of nitrogens with zero attached hydrogens (tertiary/aromatic N) is 2. The number of rotatable bonds is 7. The number of carbonyl (C=O) groups excluding carboxylic acids is 2. The number of pyridine rings is 1. The van der Waals surface area contributed by atoms with Crippen molar-refractivity contribution in [2.75, 3.05) is 22.6 Å². The number of amides is 2. The molecule has 4 rings (SSSR count). The lowest BCUT2D eigenvalue weighted by atomic mass is 10.1. The first-order valence-electron chi connectivity index (χ1n) is 10.1. The molecule has 5 N–H and O–H groups in total. The van der Waals surface area contributed by atoms with Gasteiger partial charge in [-0.25, -0.2) is 4.98 Å². The first-order valence-corrected chi connectivity index (χ1v) is 10.1. The van der Waals surface area contributed by atoms with Gasteiger partial charge in [0.2, 0.25) is 5.91 Å². The van der Waals surface area contributed by atoms with Crippen LogP contribution < -0.4 is 21.3 Å². The van der Waals surface area contributed by atoms with E-state index in [1.807, 2.05) is 54.7 Å². The Balaban J connectivity index is 1.54. The molecule has 0 atom stereocenters. The molecule has 2 amide bonds. The number of aromatic nitrogens is 2. The zero-order valence-corrected chi connectivity index (χ0v) is 17.8. The predicted octanol–water partition coefficient (Wildman–Crippen LogP) is 4.00. The van der Waals surface area contributed by atoms with Crippen molar-refractivity contribution in [3.8, 4) is 0 Å². The van der Waals surface area contributed by atoms with Crippen LogP contribution in [0.2, 0.25) is 0 Å². The number of nitrogens with one attached hydrogen (secondary N) is 3. The van der Waals surface area contributed by atoms with Crippen LogP contribution in [0.5, 0.6) is 0 Å². The molecule has 0 aliphatic carbocycles. The van der Waals surface area contributed by atoms with E-state index in [4.69, 9.17) is 5.73 Å². The fourth-order valence-electron chi connectivity index (χ4n) is 3.45. The van der Waals surface area contributed by atoms with Crippen LogP contribution in [0.1, 0.15) is 22.8 Å². The van der Waals surface area contributed by atoms with E-state index in [1.165, 1.54) is 13.1 Å². The first-order chi connectivity index (χ1) is 15.4. The Kier molecular flexibility index (Phi) is 5.76. The molecule has 0 saturated carbocycles. The van der Waals surface area contributed by atoms with Crippen molar-refractivity contribution < 1.29 is 9.59 Å². The number of para-hydroxylation sites is 1. The van der Waals surface area contributed by atoms with Gasteiger partial charge in [0.1, 0.15) is 5.82 Å². The highest BCUT2D eigenvalue weighted by Crippen LogP contribution is 2.25. The summed E-state index contributed by atoms with van der Waals surface area (Å²) in [4.78, 5) is 32.6. The van der Waals surface area contributed by atoms with Crippen molar-refractivity contribution in [3.63, 3.8) is 0 Å². The summed E-state index contributed by atoms with van der Waals surface area (Å²) in [5.41, 5.74) is 10.2. The molecule has 4 aromatic rings. The molecular formula is C24H24N6O2. The molecule has 0 unspecified atom stereocenters. The van der Waals surface area contributed by atoms with Crippen molar-refractivity contribution in [1.29, 1.82) is 0 Å². The van der Waals surface area contributed by atoms with Crippen LogP contribution in [-0.4, -0.2) is 28.8 Å². The Morgan fingerprint density at radius 2 is 1.91 bits per heavy atom. The van der Waals surface area contributed by atoms with E-state index >= 15 is 0 Å². The molecule has 8 nitrogen and oxygen atoms in total. The number of nitrogens with two attached hydrogens (primary N) is 1. The van der Waals surface area contributed by atoms with Gasteiger partial charge in [-0.3, -0.25) is 9.59 Å². The minimum Gasteiger partial charge on any atom is -0.380 e. The summed E-state index contributed by atoms with van der Waals surface area (Å²) >= 11 is 0. The monoisotopic (exact) mass is 428 g/mol. The van der Waals surface area contributed by atoms with Gasteiger partial charge < -0.3 is 26.3 Å². The second-order valence-corrected chi connectivity index (χ2v) is 7.44. The third kappa shape index (κ3) is 4.39. The van der Waals surface area contributed by atoms with E-state index < -0.39 is 5.91 Å². The summed E-state index contributed by atoms with van der Waals surface area (Å²) in [5, 5.41) is 7.65. The minimum atomic E-state index is -0.554. The van der Waals surface area contributed by atoms with Crippen LogP contribution in [0.4, 0.5) is 22.9 Å². The lowest BCUT2D eigenvalue weighted by Crippen LogP contribution is -2.22. The standard InChI is InChI=1S/C24H24N6O2/c1-15(31)30(2)19-8-6-18(7-9-19)29-22-12-21(20(14-28-22)24(25)32)27-13-17-5-3-4-16-10-11-26-23(16)17/h3-12,14,26H,13H2,1-2H3,(H2,25,32)(H2,27,28,29). The lowest BCUT2D eigenvalue weighted by molar-refractivity contribution is -0.116. The molecule has 2 aromatic carbocycles. The highest BCUT2D eigenvalue weighted by atomic mass is 16.2. The van der Waals surface area contributed by atoms with Gasteiger partial charge in [0.05, 0.1) is 16.8 Å². The molecule has 32 heavy (non-hydrogen) atoms. The second kappa shape index (κ2) is 8.81. The topological polar surface area (TPSA) is 116 Å². The Hall–Kier alpha value is -4.33. The van der Waals surface area contributed by atoms with Crippen molar-refractivity contribution in [1.82, 2.24) is 9.97 Å². The molecule has 2 aromatic heterocycles. The number of carbonyl (C=O) groups is 2. The largest absolute Gasteiger partial charge is 0.380 e. The molecule has 2 heterocycles. The molecule has 0 saturated heterocycles. The molecule has 162 valence electrons. The molecule has 0 radical (unpaired) electrons. The van der Waals surface area contributed by atoms with Gasteiger partial charge in [0.15, 0.2) is 0 Å². The predicted molar refractivity (Wildman–Crippen MR) is 127 cm³/mol. The maximum absolute atomic E-state index is 11.9. The molecule has 0 spiro atoms. The maximum atomic E-state index is 11.9. The number of H-pyrrole nitrogens is 1. The number of benzene rings is 2. The summed E-state index contributed by atoms with van der Waals surface area (Å²) in [7, 11) is 1.72. The lowest BCUT2D eigenvalue weighted by Gasteiger charge is -2.16. The average molecular weight is 428 g/mol. The average Bonchev–Trinajstić information content (AvgIpc) is 3.27. The van der Waals surface area contributed by atoms with Gasteiger partial charge in [0, 0.05) is 50.4 Å². The van der Waals surface area contributed by atoms with Gasteiger partial charge >= 0.3 is 0 Å². The van der Waals surface area contributed by atoms with E-state index in [2.05, 4.69) is 20.6 Å². The summed E-state index contributed by atoms with van der Waals surface area (Å²) in [5.74, 6) is -0.0373. The van der Waals surface area contributed by atoms with Crippen molar-refractivity contribution in [2.24, 2.45) is 5.73 Å². The SMILES string of the molecule is CC(=O)N(C)c1ccc(Nc2cc(NCc3cccc4cc[nH]c34)c(C(N)=O)cn2)cc1. The highest BCUT2D eigenvalue weighted by Gasteiger charge is 2.12. The van der Waals surface area contributed by atoms with Crippen LogP contribution in [0, 0.1) is 0 Å². The van der Waals surface area contributed by atoms with E-state index in [1.54, 1.807) is 18.0 Å². The minimum absolute atomic E-state index is 0.0415. The van der Waals surface area contributed by atoms with Crippen LogP contribution in [0.15, 0.2) is 67.0 Å². The van der Waals surface area contributed by atoms with E-state index in [0.717, 1.165) is 27.8 Å². The molecule has 0 aliphatic heterocycles. The fourth-order valence-corrected chi connectivity index (χ4v) is 3.45. The molecule has 0 fully saturated rings. The third-order valence-electron chi connectivity index (χ3n) is 5.31. The smallest absolute Gasteiger partial charge is 0.252 e. The zero-order chi connectivity index (χ0) is 22.7. The number of hydrogen-bond donors (Lipinski definition) is 4. The van der Waals surface area contributed by atoms with E-state index in [9.17, 15) is 9.59 Å². The van der Waals surface area contributed by atoms with Crippen molar-refractivity contribution >= 4 is 45.6 Å². The second-order valence-electron chi connectivity index (χ2n) is 7.44. The maximum Gasteiger partial charge on any atom is 0.252 e. The molecule has 0 aliphatic rings. The Morgan fingerprint density at radius 1 is 1.12 bits per heavy atom. The summed E-state index contributed by atoms with van der Waals surface area (Å²) in [6.45, 7) is 2.02. The van der Waals surface area contributed by atoms with Crippen LogP contribution in [0.25, 0.3) is 10.9 Å². The summed E-state index contributed by atoms with van der Waals surface area (Å²) in [6, 6.07) is 17.2. The first kappa shape index (κ1) is 20.9. The zero-order valence-electron chi connectivity index (χ0n) is 17.8. The molecular weight excluding hydrogens is 404 g/mol. The number of hydrogen-bond acceptors (Lipinski definition) is 5. The number of aromatic amines is 1. The summed E-state index contributed by atoms with van der Waals surface area (Å²) < 4.78 is 0. The Labute approximate surface area is 185 Å². The normalized spacial score (nSPS) is 10.7. The van der Waals surface area contributed by atoms with Gasteiger partial charge in [0.25, 0.3) is 5.91 Å². The van der Waals surface area contributed by atoms with Crippen LogP contribution in [-0.2, 0) is 11.3 Å². The highest BCUT2D eigenvalue weighted by molar-refractivity contribution is 5.98. The van der Waals surface area contributed by atoms with Crippen molar-refractivity contribution in [3.05, 3.63) is 78.1 Å². The van der Waals surface area contributed by atoms with Crippen LogP contribution in [0.3, 0.4) is 0 Å². The van der Waals surface area contributed by atoms with Crippen molar-refractivity contribution in [2.45, 2.75) is 13.5 Å². The fraction of sp³-hybridized carbons (Fsp3) is 0.125. The molecule has 8 heteroatoms. The Bertz CT molecular complexity index is 1280. The number of fused-ring (bicyclic) bond motifs is 1. The number of anilines is 4. The summed E-state index contributed by atoms with van der Waals surface area (Å²) in [6.07, 6.45) is 3.36. The van der Waals surface area contributed by atoms with E-state index in [-0.39, 0.29) is 5.91 Å². The number of primary amides is 1. The molecule has 0 bridgehead atoms. The van der Waals surface area contributed by atoms with Gasteiger partial charge in [-0.15, -0.1) is 0 Å². The van der Waals surface area contributed by atoms with E-state index in [0.29, 0.717) is 23.6 Å². The van der Waals surface area contributed by atoms with Gasteiger partial charge in [-0.2, -0.15) is 0 Å². The van der Waals surface area contributed by atoms with Gasteiger partial charge in [-0.05, 0) is 41.3 Å². The van der Waals surface area contributed by atoms with Gasteiger partial charge in [-0.1, -0.05) is 18.2 Å². The third-order valence-corrected chi connectivity index (χ3v) is 5.31. The Morgan fingerprint density at radius 3 is 2.62 bits per heavy atom. The quantitative estimate of drug-likeness (QED) is 0.355.